The molecule has 0 bridgehead atoms. The summed E-state index contributed by atoms with van der Waals surface area (Å²) in [6.45, 7) is 11.1. The van der Waals surface area contributed by atoms with Gasteiger partial charge in [0.15, 0.2) is 0 Å². The minimum Gasteiger partial charge on any atom is -0.318 e. The summed E-state index contributed by atoms with van der Waals surface area (Å²) in [6.07, 6.45) is 0. The summed E-state index contributed by atoms with van der Waals surface area (Å²) in [5, 5.41) is 3.11. The predicted molar refractivity (Wildman–Crippen MR) is 101 cm³/mol. The molecule has 0 radical (unpaired) electrons. The molecule has 0 saturated carbocycles. The van der Waals surface area contributed by atoms with Crippen LogP contribution in [0.4, 0.5) is 10.5 Å². The highest BCUT2D eigenvalue weighted by atomic mass is 16.2. The predicted octanol–water partition coefficient (Wildman–Crippen LogP) is 5.43. The minimum absolute atomic E-state index is 0.0219. The van der Waals surface area contributed by atoms with Gasteiger partial charge in [0.1, 0.15) is 0 Å². The fourth-order valence-electron chi connectivity index (χ4n) is 2.70. The van der Waals surface area contributed by atoms with Crippen LogP contribution in [-0.2, 0) is 12.0 Å². The average molecular weight is 324 g/mol. The Bertz CT molecular complexity index is 672. The Balaban J connectivity index is 2.20. The Morgan fingerprint density at radius 2 is 1.58 bits per heavy atom. The van der Waals surface area contributed by atoms with E-state index in [1.807, 2.05) is 67.3 Å². The highest BCUT2D eigenvalue weighted by Gasteiger charge is 2.22. The summed E-state index contributed by atoms with van der Waals surface area (Å²) >= 11 is 0. The van der Waals surface area contributed by atoms with Gasteiger partial charge in [0.05, 0.1) is 0 Å². The van der Waals surface area contributed by atoms with Crippen LogP contribution in [0.2, 0.25) is 0 Å². The van der Waals surface area contributed by atoms with Crippen LogP contribution in [0.15, 0.2) is 54.6 Å². The molecule has 2 aromatic rings. The molecule has 128 valence electrons. The Morgan fingerprint density at radius 1 is 1.00 bits per heavy atom. The average Bonchev–Trinajstić information content (AvgIpc) is 2.52. The van der Waals surface area contributed by atoms with E-state index in [9.17, 15) is 4.79 Å². The number of para-hydroxylation sites is 1. The molecule has 0 spiro atoms. The van der Waals surface area contributed by atoms with Crippen molar-refractivity contribution in [1.29, 1.82) is 0 Å². The third-order valence-corrected chi connectivity index (χ3v) is 4.06. The molecule has 24 heavy (non-hydrogen) atoms. The summed E-state index contributed by atoms with van der Waals surface area (Å²) in [5.41, 5.74) is 3.13. The monoisotopic (exact) mass is 324 g/mol. The van der Waals surface area contributed by atoms with Crippen LogP contribution in [-0.4, -0.2) is 17.0 Å². The number of carbonyl (C=O) groups excluding carboxylic acids is 1. The van der Waals surface area contributed by atoms with Gasteiger partial charge in [0, 0.05) is 18.3 Å². The minimum atomic E-state index is -0.0643. The van der Waals surface area contributed by atoms with Crippen molar-refractivity contribution in [3.05, 3.63) is 65.7 Å². The van der Waals surface area contributed by atoms with Crippen LogP contribution >= 0.6 is 0 Å². The summed E-state index contributed by atoms with van der Waals surface area (Å²) in [7, 11) is 0. The molecule has 0 aliphatic carbocycles. The van der Waals surface area contributed by atoms with Gasteiger partial charge in [-0.3, -0.25) is 0 Å². The molecule has 0 aliphatic rings. The first-order valence-electron chi connectivity index (χ1n) is 8.50. The third kappa shape index (κ3) is 4.60. The van der Waals surface area contributed by atoms with E-state index >= 15 is 0 Å². The van der Waals surface area contributed by atoms with Gasteiger partial charge in [0.25, 0.3) is 0 Å². The maximum absolute atomic E-state index is 12.9. The van der Waals surface area contributed by atoms with Gasteiger partial charge in [-0.25, -0.2) is 4.79 Å². The first-order chi connectivity index (χ1) is 11.3. The summed E-state index contributed by atoms with van der Waals surface area (Å²) in [6, 6.07) is 18.2. The highest BCUT2D eigenvalue weighted by Crippen LogP contribution is 2.29. The number of hydrogen-bond acceptors (Lipinski definition) is 1. The second kappa shape index (κ2) is 7.52. The molecule has 0 fully saturated rings. The van der Waals surface area contributed by atoms with E-state index in [1.54, 1.807) is 0 Å². The van der Waals surface area contributed by atoms with Gasteiger partial charge < -0.3 is 10.2 Å². The van der Waals surface area contributed by atoms with Crippen LogP contribution in [0.5, 0.6) is 0 Å². The summed E-state index contributed by atoms with van der Waals surface area (Å²) in [5.74, 6) is 0. The van der Waals surface area contributed by atoms with E-state index in [1.165, 1.54) is 0 Å². The van der Waals surface area contributed by atoms with Crippen molar-refractivity contribution in [3.8, 4) is 0 Å². The molecule has 1 N–H and O–H groups in total. The molecule has 2 rings (SSSR count). The number of hydrogen-bond donors (Lipinski definition) is 1. The molecule has 0 unspecified atom stereocenters. The molecule has 3 heteroatoms. The molecule has 0 saturated heterocycles. The number of nitrogens with one attached hydrogen (secondary N) is 1. The Kier molecular flexibility index (Phi) is 5.66. The van der Waals surface area contributed by atoms with Crippen molar-refractivity contribution in [3.63, 3.8) is 0 Å². The fourth-order valence-corrected chi connectivity index (χ4v) is 2.70. The molecule has 0 aliphatic heterocycles. The van der Waals surface area contributed by atoms with Gasteiger partial charge in [0.2, 0.25) is 0 Å². The quantitative estimate of drug-likeness (QED) is 0.799. The number of carbonyl (C=O) groups is 1. The number of urea groups is 1. The third-order valence-electron chi connectivity index (χ3n) is 4.06. The van der Waals surface area contributed by atoms with Gasteiger partial charge in [-0.05, 0) is 36.5 Å². The first-order valence-corrected chi connectivity index (χ1v) is 8.50. The molecule has 0 heterocycles. The molecule has 3 nitrogen and oxygen atoms in total. The van der Waals surface area contributed by atoms with Crippen LogP contribution in [0.3, 0.4) is 0 Å². The van der Waals surface area contributed by atoms with Crippen LogP contribution in [0.1, 0.15) is 45.7 Å². The van der Waals surface area contributed by atoms with E-state index in [4.69, 9.17) is 0 Å². The normalized spacial score (nSPS) is 11.4. The second-order valence-corrected chi connectivity index (χ2v) is 7.43. The van der Waals surface area contributed by atoms with Gasteiger partial charge in [-0.15, -0.1) is 0 Å². The number of anilines is 1. The molecule has 0 aromatic heterocycles. The standard InChI is InChI=1S/C21H28N2O/c1-16(2)23(15-17-11-7-6-8-12-17)20(24)22-19-14-10-9-13-18(19)21(3,4)5/h6-14,16H,15H2,1-5H3,(H,22,24). The molecular formula is C21H28N2O. The van der Waals surface area contributed by atoms with E-state index < -0.39 is 0 Å². The van der Waals surface area contributed by atoms with Gasteiger partial charge in [-0.1, -0.05) is 69.3 Å². The van der Waals surface area contributed by atoms with Crippen LogP contribution in [0.25, 0.3) is 0 Å². The zero-order valence-electron chi connectivity index (χ0n) is 15.3. The zero-order valence-corrected chi connectivity index (χ0v) is 15.3. The van der Waals surface area contributed by atoms with E-state index in [0.717, 1.165) is 16.8 Å². The van der Waals surface area contributed by atoms with E-state index in [-0.39, 0.29) is 17.5 Å². The van der Waals surface area contributed by atoms with Crippen molar-refractivity contribution >= 4 is 11.7 Å². The van der Waals surface area contributed by atoms with Crippen molar-refractivity contribution in [2.45, 2.75) is 52.6 Å². The smallest absolute Gasteiger partial charge is 0.318 e. The van der Waals surface area contributed by atoms with Gasteiger partial charge in [-0.2, -0.15) is 0 Å². The maximum atomic E-state index is 12.9. The van der Waals surface area contributed by atoms with Crippen LogP contribution in [0, 0.1) is 0 Å². The SMILES string of the molecule is CC(C)N(Cc1ccccc1)C(=O)Nc1ccccc1C(C)(C)C. The Hall–Kier alpha value is -2.29. The number of amides is 2. The van der Waals surface area contributed by atoms with Crippen molar-refractivity contribution in [2.75, 3.05) is 5.32 Å². The highest BCUT2D eigenvalue weighted by molar-refractivity contribution is 5.90. The van der Waals surface area contributed by atoms with Gasteiger partial charge >= 0.3 is 6.03 Å². The number of nitrogens with zero attached hydrogens (tertiary/aromatic N) is 1. The Labute approximate surface area is 145 Å². The number of rotatable bonds is 4. The lowest BCUT2D eigenvalue weighted by atomic mass is 9.86. The van der Waals surface area contributed by atoms with Crippen molar-refractivity contribution in [1.82, 2.24) is 4.90 Å². The van der Waals surface area contributed by atoms with E-state index in [2.05, 4.69) is 32.2 Å². The number of benzene rings is 2. The lowest BCUT2D eigenvalue weighted by Crippen LogP contribution is -2.39. The molecule has 2 amide bonds. The lowest BCUT2D eigenvalue weighted by molar-refractivity contribution is 0.193. The first kappa shape index (κ1) is 18.1. The summed E-state index contributed by atoms with van der Waals surface area (Å²) in [4.78, 5) is 14.7. The zero-order chi connectivity index (χ0) is 17.7. The summed E-state index contributed by atoms with van der Waals surface area (Å²) < 4.78 is 0. The lowest BCUT2D eigenvalue weighted by Gasteiger charge is -2.29. The van der Waals surface area contributed by atoms with Crippen molar-refractivity contribution in [2.24, 2.45) is 0 Å². The Morgan fingerprint density at radius 3 is 2.17 bits per heavy atom. The second-order valence-electron chi connectivity index (χ2n) is 7.43. The topological polar surface area (TPSA) is 32.3 Å². The molecular weight excluding hydrogens is 296 g/mol. The maximum Gasteiger partial charge on any atom is 0.322 e. The van der Waals surface area contributed by atoms with Crippen LogP contribution < -0.4 is 5.32 Å². The fraction of sp³-hybridized carbons (Fsp3) is 0.381. The van der Waals surface area contributed by atoms with Crippen molar-refractivity contribution < 1.29 is 4.79 Å². The molecule has 0 atom stereocenters. The van der Waals surface area contributed by atoms with E-state index in [0.29, 0.717) is 6.54 Å². The molecule has 2 aromatic carbocycles. The largest absolute Gasteiger partial charge is 0.322 e.